The first-order valence-corrected chi connectivity index (χ1v) is 11.0. The Balaban J connectivity index is 1.75. The molecule has 2 unspecified atom stereocenters. The van der Waals surface area contributed by atoms with E-state index in [1.807, 2.05) is 6.07 Å². The molecule has 0 aliphatic carbocycles. The summed E-state index contributed by atoms with van der Waals surface area (Å²) in [5, 5.41) is 15.8. The van der Waals surface area contributed by atoms with Gasteiger partial charge in [-0.15, -0.1) is 0 Å². The Morgan fingerprint density at radius 1 is 1.12 bits per heavy atom. The maximum absolute atomic E-state index is 13.1. The minimum atomic E-state index is -1.30. The monoisotopic (exact) mass is 498 g/mol. The van der Waals surface area contributed by atoms with Gasteiger partial charge in [-0.2, -0.15) is 0 Å². The Hall–Kier alpha value is -2.32. The number of halogens is 3. The molecule has 1 aliphatic rings. The van der Waals surface area contributed by atoms with Crippen LogP contribution in [0.25, 0.3) is 0 Å². The molecule has 2 aromatic carbocycles. The van der Waals surface area contributed by atoms with Crippen LogP contribution in [0, 0.1) is 6.92 Å². The predicted octanol–water partition coefficient (Wildman–Crippen LogP) is 4.21. The van der Waals surface area contributed by atoms with Crippen molar-refractivity contribution in [2.75, 3.05) is 18.5 Å². The van der Waals surface area contributed by atoms with Gasteiger partial charge in [0, 0.05) is 17.3 Å². The summed E-state index contributed by atoms with van der Waals surface area (Å²) in [6.07, 6.45) is -0.0290. The van der Waals surface area contributed by atoms with Gasteiger partial charge < -0.3 is 20.5 Å². The third-order valence-electron chi connectivity index (χ3n) is 5.17. The Morgan fingerprint density at radius 2 is 1.84 bits per heavy atom. The summed E-state index contributed by atoms with van der Waals surface area (Å²) in [5.41, 5.74) is 2.54. The second-order valence-corrected chi connectivity index (χ2v) is 8.59. The van der Waals surface area contributed by atoms with Crippen LogP contribution in [0.3, 0.4) is 0 Å². The van der Waals surface area contributed by atoms with Crippen molar-refractivity contribution in [1.29, 1.82) is 0 Å². The fraction of sp³-hybridized carbons (Fsp3) is 0.318. The lowest BCUT2D eigenvalue weighted by atomic mass is 9.84. The molecule has 7 nitrogen and oxygen atoms in total. The predicted molar refractivity (Wildman–Crippen MR) is 123 cm³/mol. The molecule has 3 rings (SSSR count). The van der Waals surface area contributed by atoms with E-state index in [9.17, 15) is 14.4 Å². The number of carboxylic acids is 1. The van der Waals surface area contributed by atoms with Crippen LogP contribution >= 0.6 is 34.8 Å². The van der Waals surface area contributed by atoms with Crippen molar-refractivity contribution in [2.24, 2.45) is 0 Å². The van der Waals surface area contributed by atoms with E-state index in [0.717, 1.165) is 5.56 Å². The average Bonchev–Trinajstić information content (AvgIpc) is 2.74. The number of carbonyl (C=O) groups is 3. The highest BCUT2D eigenvalue weighted by Gasteiger charge is 2.42. The van der Waals surface area contributed by atoms with Gasteiger partial charge in [-0.3, -0.25) is 9.59 Å². The van der Waals surface area contributed by atoms with Gasteiger partial charge in [-0.05, 0) is 60.7 Å². The van der Waals surface area contributed by atoms with Crippen molar-refractivity contribution in [3.63, 3.8) is 0 Å². The Bertz CT molecular complexity index is 1060. The molecule has 1 aliphatic heterocycles. The van der Waals surface area contributed by atoms with Gasteiger partial charge in [0.2, 0.25) is 5.91 Å². The summed E-state index contributed by atoms with van der Waals surface area (Å²) in [4.78, 5) is 36.7. The molecule has 0 fully saturated rings. The third-order valence-corrected chi connectivity index (χ3v) is 6.32. The minimum Gasteiger partial charge on any atom is -0.480 e. The van der Waals surface area contributed by atoms with Crippen LogP contribution in [0.2, 0.25) is 15.1 Å². The average molecular weight is 500 g/mol. The molecule has 1 heterocycles. The lowest BCUT2D eigenvalue weighted by Crippen LogP contribution is -2.47. The molecule has 2 atom stereocenters. The molecule has 3 N–H and O–H groups in total. The smallest absolute Gasteiger partial charge is 0.329 e. The van der Waals surface area contributed by atoms with E-state index in [0.29, 0.717) is 51.3 Å². The van der Waals surface area contributed by atoms with Crippen molar-refractivity contribution < 1.29 is 24.2 Å². The van der Waals surface area contributed by atoms with Gasteiger partial charge in [-0.25, -0.2) is 4.79 Å². The highest BCUT2D eigenvalue weighted by atomic mass is 35.5. The highest BCUT2D eigenvalue weighted by Crippen LogP contribution is 2.39. The molecule has 0 bridgehead atoms. The van der Waals surface area contributed by atoms with Gasteiger partial charge in [0.1, 0.15) is 12.5 Å². The molecular weight excluding hydrogens is 479 g/mol. The zero-order valence-electron chi connectivity index (χ0n) is 17.1. The van der Waals surface area contributed by atoms with Crippen LogP contribution in [0.15, 0.2) is 30.3 Å². The molecule has 2 aromatic rings. The van der Waals surface area contributed by atoms with Crippen LogP contribution in [-0.2, 0) is 25.5 Å². The number of ether oxygens (including phenoxy) is 1. The third kappa shape index (κ3) is 5.53. The number of carbonyl (C=O) groups excluding carboxylic acids is 2. The Labute approximate surface area is 200 Å². The number of fused-ring (bicyclic) bond motifs is 1. The minimum absolute atomic E-state index is 0.331. The number of hydrogen-bond acceptors (Lipinski definition) is 4. The number of carboxylic acid groups (broad SMARTS) is 1. The number of hydrogen-bond donors (Lipinski definition) is 3. The zero-order chi connectivity index (χ0) is 23.4. The normalized spacial score (nSPS) is 17.4. The highest BCUT2D eigenvalue weighted by molar-refractivity contribution is 6.42. The van der Waals surface area contributed by atoms with E-state index in [2.05, 4.69) is 10.6 Å². The van der Waals surface area contributed by atoms with Gasteiger partial charge in [0.25, 0.3) is 5.91 Å². The number of rotatable bonds is 8. The summed E-state index contributed by atoms with van der Waals surface area (Å²) in [5.74, 6) is -3.32. The van der Waals surface area contributed by atoms with Crippen molar-refractivity contribution in [2.45, 2.75) is 31.8 Å². The number of benzene rings is 2. The standard InChI is InChI=1S/C22H21Cl3N2O5/c1-11-13(23)6-7-16-18(11)19(20(22(31)27-16)32-10-17(28)29)21(30)26-8-2-3-12-4-5-14(24)15(25)9-12/h4-7,9,19-20H,2-3,8,10H2,1H3,(H,26,30)(H,27,31)(H,28,29). The van der Waals surface area contributed by atoms with E-state index in [-0.39, 0.29) is 0 Å². The second-order valence-electron chi connectivity index (χ2n) is 7.37. The van der Waals surface area contributed by atoms with Crippen molar-refractivity contribution >= 4 is 58.3 Å². The number of amides is 2. The summed E-state index contributed by atoms with van der Waals surface area (Å²) in [6, 6.07) is 8.58. The lowest BCUT2D eigenvalue weighted by molar-refractivity contribution is -0.150. The van der Waals surface area contributed by atoms with Crippen molar-refractivity contribution in [3.8, 4) is 0 Å². The van der Waals surface area contributed by atoms with Gasteiger partial charge in [-0.1, -0.05) is 40.9 Å². The number of aliphatic carboxylic acids is 1. The molecule has 0 aromatic heterocycles. The first-order valence-electron chi connectivity index (χ1n) is 9.84. The van der Waals surface area contributed by atoms with Crippen LogP contribution in [0.5, 0.6) is 0 Å². The molecule has 170 valence electrons. The Morgan fingerprint density at radius 3 is 2.53 bits per heavy atom. The second kappa shape index (κ2) is 10.5. The molecule has 0 radical (unpaired) electrons. The van der Waals surface area contributed by atoms with Crippen LogP contribution in [-0.4, -0.2) is 42.1 Å². The quantitative estimate of drug-likeness (QED) is 0.472. The van der Waals surface area contributed by atoms with E-state index in [1.54, 1.807) is 31.2 Å². The molecule has 32 heavy (non-hydrogen) atoms. The molecule has 10 heteroatoms. The van der Waals surface area contributed by atoms with Crippen LogP contribution < -0.4 is 10.6 Å². The molecule has 2 amide bonds. The van der Waals surface area contributed by atoms with Crippen LogP contribution in [0.1, 0.15) is 29.0 Å². The first-order chi connectivity index (χ1) is 15.2. The van der Waals surface area contributed by atoms with Crippen molar-refractivity contribution in [3.05, 3.63) is 62.1 Å². The molecule has 0 spiro atoms. The maximum atomic E-state index is 13.1. The van der Waals surface area contributed by atoms with E-state index in [1.165, 1.54) is 0 Å². The SMILES string of the molecule is Cc1c(Cl)ccc2c1C(C(=O)NCCCc1ccc(Cl)c(Cl)c1)C(OCC(=O)O)C(=O)N2. The summed E-state index contributed by atoms with van der Waals surface area (Å²) < 4.78 is 5.30. The lowest BCUT2D eigenvalue weighted by Gasteiger charge is -2.33. The topological polar surface area (TPSA) is 105 Å². The zero-order valence-corrected chi connectivity index (χ0v) is 19.4. The van der Waals surface area contributed by atoms with Crippen molar-refractivity contribution in [1.82, 2.24) is 5.32 Å². The number of nitrogens with one attached hydrogen (secondary N) is 2. The van der Waals surface area contributed by atoms with Gasteiger partial charge >= 0.3 is 5.97 Å². The fourth-order valence-corrected chi connectivity index (χ4v) is 4.11. The largest absolute Gasteiger partial charge is 0.480 e. The molecule has 0 saturated heterocycles. The summed E-state index contributed by atoms with van der Waals surface area (Å²) in [6.45, 7) is 1.35. The molecule has 0 saturated carbocycles. The number of anilines is 1. The Kier molecular flexibility index (Phi) is 8.00. The molecular formula is C22H21Cl3N2O5. The summed E-state index contributed by atoms with van der Waals surface area (Å²) in [7, 11) is 0. The van der Waals surface area contributed by atoms with E-state index < -0.39 is 36.4 Å². The van der Waals surface area contributed by atoms with Crippen LogP contribution in [0.4, 0.5) is 5.69 Å². The van der Waals surface area contributed by atoms with E-state index >= 15 is 0 Å². The maximum Gasteiger partial charge on any atom is 0.329 e. The fourth-order valence-electron chi connectivity index (χ4n) is 3.63. The van der Waals surface area contributed by atoms with Gasteiger partial charge in [0.05, 0.1) is 10.0 Å². The first kappa shape index (κ1) is 24.3. The van der Waals surface area contributed by atoms with Gasteiger partial charge in [0.15, 0.2) is 6.10 Å². The summed E-state index contributed by atoms with van der Waals surface area (Å²) >= 11 is 18.2. The number of aryl methyl sites for hydroxylation is 1. The van der Waals surface area contributed by atoms with E-state index in [4.69, 9.17) is 44.6 Å².